The number of fused-ring (bicyclic) bond motifs is 4. The van der Waals surface area contributed by atoms with E-state index < -0.39 is 25.0 Å². The minimum Gasteiger partial charge on any atom is -0.455 e. The molecule has 12 nitrogen and oxygen atoms in total. The van der Waals surface area contributed by atoms with Gasteiger partial charge in [0.05, 0.1) is 10.5 Å². The second kappa shape index (κ2) is 11.9. The van der Waals surface area contributed by atoms with Gasteiger partial charge in [-0.2, -0.15) is 8.42 Å². The molecule has 0 atom stereocenters. The molecule has 5 heterocycles. The molecule has 3 aromatic rings. The highest BCUT2D eigenvalue weighted by atomic mass is 32.2. The minimum atomic E-state index is -4.89. The van der Waals surface area contributed by atoms with Crippen LogP contribution in [0.5, 0.6) is 11.5 Å². The van der Waals surface area contributed by atoms with Crippen molar-refractivity contribution in [2.45, 2.75) is 67.6 Å². The molecule has 5 aliphatic rings. The van der Waals surface area contributed by atoms with E-state index in [1.54, 1.807) is 0 Å². The maximum Gasteiger partial charge on any atom is 0.295 e. The maximum atomic E-state index is 13.3. The van der Waals surface area contributed by atoms with Crippen molar-refractivity contribution in [2.75, 3.05) is 44.2 Å². The Morgan fingerprint density at radius 1 is 0.917 bits per heavy atom. The number of hydrogen-bond acceptors (Lipinski definition) is 7. The Hall–Kier alpha value is -3.94. The van der Waals surface area contributed by atoms with Gasteiger partial charge in [0.2, 0.25) is 15.4 Å². The molecule has 0 saturated heterocycles. The molecule has 0 amide bonds. The lowest BCUT2D eigenvalue weighted by Gasteiger charge is -2.39. The molecular weight excluding hydrogens is 653 g/mol. The predicted octanol–water partition coefficient (Wildman–Crippen LogP) is 3.35. The molecule has 0 bridgehead atoms. The maximum absolute atomic E-state index is 13.3. The standard InChI is InChI=1S/C34H36N6O6S2/c35-38-36-12-5-13-37-47(41,42)23-10-11-24(29(20-23)48(43,44)45)30-27-18-21-6-1-14-39-16-3-8-25(31(21)39)33(27)46-34-26-9-4-17-40-15-2-7-22(32(26)40)19-28(30)34/h10-11,18-20,37H,1-9,12-17H2/p+1. The highest BCUT2D eigenvalue weighted by molar-refractivity contribution is 7.89. The first kappa shape index (κ1) is 31.3. The van der Waals surface area contributed by atoms with Crippen LogP contribution < -0.4 is 29.5 Å². The molecule has 5 aliphatic heterocycles. The lowest BCUT2D eigenvalue weighted by atomic mass is 9.82. The topological polar surface area (TPSA) is 165 Å². The number of hydrogen-bond donors (Lipinski definition) is 2. The molecule has 0 unspecified atom stereocenters. The number of sulfonamides is 1. The summed E-state index contributed by atoms with van der Waals surface area (Å²) in [6.07, 6.45) is 7.74. The van der Waals surface area contributed by atoms with E-state index in [0.717, 1.165) is 117 Å². The summed E-state index contributed by atoms with van der Waals surface area (Å²) in [6.45, 7) is 4.06. The number of aryl methyl sites for hydroxylation is 2. The largest absolute Gasteiger partial charge is 0.455 e. The van der Waals surface area contributed by atoms with Gasteiger partial charge in [-0.05, 0) is 80.3 Å². The normalized spacial score (nSPS) is 17.8. The fraction of sp³-hybridized carbons (Fsp3) is 0.441. The van der Waals surface area contributed by atoms with E-state index >= 15 is 0 Å². The summed E-state index contributed by atoms with van der Waals surface area (Å²) in [5.41, 5.74) is 16.0. The second-order valence-corrected chi connectivity index (χ2v) is 16.3. The van der Waals surface area contributed by atoms with Gasteiger partial charge < -0.3 is 9.64 Å². The SMILES string of the molecule is [N-]=[N+]=NCCCNS(=O)(=O)c1ccc(C2=c3cc4c5c(c3Oc3c2cc2c6c3CCCN6CCC2)CCC[N+]=5CCC4)c(S(=O)(=O)O)c1. The average Bonchev–Trinajstić information content (AvgIpc) is 3.07. The Balaban J connectivity index is 1.41. The first-order valence-corrected chi connectivity index (χ1v) is 19.6. The van der Waals surface area contributed by atoms with Crippen molar-refractivity contribution >= 4 is 31.4 Å². The summed E-state index contributed by atoms with van der Waals surface area (Å²) in [6, 6.07) is 8.18. The summed E-state index contributed by atoms with van der Waals surface area (Å²) in [5, 5.41) is 5.42. The number of azide groups is 1. The number of benzene rings is 3. The lowest BCUT2D eigenvalue weighted by molar-refractivity contribution is 0.431. The third kappa shape index (κ3) is 5.17. The van der Waals surface area contributed by atoms with E-state index in [-0.39, 0.29) is 30.0 Å². The van der Waals surface area contributed by atoms with Crippen molar-refractivity contribution in [1.29, 1.82) is 0 Å². The molecule has 3 aromatic carbocycles. The van der Waals surface area contributed by atoms with Crippen LogP contribution in [0, 0.1) is 0 Å². The summed E-state index contributed by atoms with van der Waals surface area (Å²) < 4.78 is 75.5. The third-order valence-corrected chi connectivity index (χ3v) is 12.6. The van der Waals surface area contributed by atoms with Crippen LogP contribution in [-0.2, 0) is 45.8 Å². The zero-order valence-corrected chi connectivity index (χ0v) is 28.2. The molecule has 48 heavy (non-hydrogen) atoms. The van der Waals surface area contributed by atoms with Gasteiger partial charge in [0.1, 0.15) is 29.5 Å². The smallest absolute Gasteiger partial charge is 0.295 e. The second-order valence-electron chi connectivity index (χ2n) is 13.2. The van der Waals surface area contributed by atoms with Crippen molar-refractivity contribution in [1.82, 2.24) is 9.30 Å². The predicted molar refractivity (Wildman–Crippen MR) is 180 cm³/mol. The zero-order chi connectivity index (χ0) is 33.2. The Morgan fingerprint density at radius 2 is 1.67 bits per heavy atom. The first-order chi connectivity index (χ1) is 23.2. The van der Waals surface area contributed by atoms with Crippen molar-refractivity contribution < 1.29 is 26.1 Å². The molecular formula is C34H37N6O6S2+. The van der Waals surface area contributed by atoms with Crippen LogP contribution in [-0.4, -0.2) is 60.7 Å². The molecule has 250 valence electrons. The molecule has 0 fully saturated rings. The van der Waals surface area contributed by atoms with Crippen LogP contribution in [0.1, 0.15) is 65.5 Å². The van der Waals surface area contributed by atoms with Crippen LogP contribution in [0.2, 0.25) is 0 Å². The number of nitrogens with one attached hydrogen (secondary N) is 1. The van der Waals surface area contributed by atoms with Crippen molar-refractivity contribution in [3.63, 3.8) is 0 Å². The highest BCUT2D eigenvalue weighted by Gasteiger charge is 2.37. The highest BCUT2D eigenvalue weighted by Crippen LogP contribution is 2.49. The van der Waals surface area contributed by atoms with E-state index in [1.807, 2.05) is 0 Å². The Morgan fingerprint density at radius 3 is 2.46 bits per heavy atom. The summed E-state index contributed by atoms with van der Waals surface area (Å²) in [5.74, 6) is 1.46. The molecule has 8 rings (SSSR count). The Bertz CT molecular complexity index is 2290. The van der Waals surface area contributed by atoms with Crippen LogP contribution in [0.25, 0.3) is 16.0 Å². The quantitative estimate of drug-likeness (QED) is 0.0715. The van der Waals surface area contributed by atoms with Gasteiger partial charge in [-0.3, -0.25) is 4.55 Å². The molecule has 0 aromatic heterocycles. The van der Waals surface area contributed by atoms with Gasteiger partial charge in [0.15, 0.2) is 0 Å². The number of anilines is 1. The molecule has 0 radical (unpaired) electrons. The van der Waals surface area contributed by atoms with E-state index in [4.69, 9.17) is 10.3 Å². The zero-order valence-electron chi connectivity index (χ0n) is 26.5. The first-order valence-electron chi connectivity index (χ1n) is 16.7. The van der Waals surface area contributed by atoms with E-state index in [2.05, 4.69) is 36.4 Å². The number of nitrogens with zero attached hydrogens (tertiary/aromatic N) is 5. The Kier molecular flexibility index (Phi) is 7.76. The van der Waals surface area contributed by atoms with Gasteiger partial charge in [0.25, 0.3) is 10.1 Å². The number of ether oxygens (including phenoxy) is 1. The fourth-order valence-corrected chi connectivity index (χ4v) is 10.3. The fourth-order valence-electron chi connectivity index (χ4n) is 8.38. The van der Waals surface area contributed by atoms with Gasteiger partial charge in [-0.1, -0.05) is 11.2 Å². The Labute approximate surface area is 279 Å². The molecule has 0 aliphatic carbocycles. The van der Waals surface area contributed by atoms with Gasteiger partial charge in [0, 0.05) is 82.7 Å². The average molecular weight is 690 g/mol. The summed E-state index contributed by atoms with van der Waals surface area (Å²) in [7, 11) is -9.04. The summed E-state index contributed by atoms with van der Waals surface area (Å²) >= 11 is 0. The minimum absolute atomic E-state index is 0.00438. The van der Waals surface area contributed by atoms with Crippen molar-refractivity contribution in [3.05, 3.63) is 84.7 Å². The molecule has 2 N–H and O–H groups in total. The molecule has 14 heteroatoms. The van der Waals surface area contributed by atoms with Crippen LogP contribution in [0.3, 0.4) is 0 Å². The molecule has 0 saturated carbocycles. The summed E-state index contributed by atoms with van der Waals surface area (Å²) in [4.78, 5) is 4.35. The van der Waals surface area contributed by atoms with Crippen LogP contribution in [0.15, 0.2) is 45.2 Å². The van der Waals surface area contributed by atoms with Gasteiger partial charge in [-0.15, -0.1) is 0 Å². The lowest BCUT2D eigenvalue weighted by Crippen LogP contribution is -2.45. The van der Waals surface area contributed by atoms with E-state index in [0.29, 0.717) is 5.57 Å². The van der Waals surface area contributed by atoms with Crippen LogP contribution >= 0.6 is 0 Å². The molecule has 0 spiro atoms. The third-order valence-electron chi connectivity index (χ3n) is 10.3. The van der Waals surface area contributed by atoms with Crippen molar-refractivity contribution in [2.24, 2.45) is 5.11 Å². The van der Waals surface area contributed by atoms with Crippen LogP contribution in [0.4, 0.5) is 5.69 Å². The van der Waals surface area contributed by atoms with Crippen molar-refractivity contribution in [3.8, 4) is 11.5 Å². The van der Waals surface area contributed by atoms with E-state index in [1.165, 1.54) is 34.3 Å². The van der Waals surface area contributed by atoms with E-state index in [9.17, 15) is 21.4 Å². The van der Waals surface area contributed by atoms with Gasteiger partial charge in [-0.25, -0.2) is 17.7 Å². The number of rotatable bonds is 8. The monoisotopic (exact) mass is 689 g/mol. The van der Waals surface area contributed by atoms with Gasteiger partial charge >= 0.3 is 0 Å².